The fourth-order valence-corrected chi connectivity index (χ4v) is 4.05. The number of nitrogens with zero attached hydrogens (tertiary/aromatic N) is 2. The van der Waals surface area contributed by atoms with Crippen LogP contribution >= 0.6 is 11.6 Å². The van der Waals surface area contributed by atoms with Gasteiger partial charge in [0.05, 0.1) is 16.3 Å². The van der Waals surface area contributed by atoms with Gasteiger partial charge in [0.25, 0.3) is 21.5 Å². The molecule has 0 unspecified atom stereocenters. The molecule has 168 valence electrons. The maximum absolute atomic E-state index is 14.4. The highest BCUT2D eigenvalue weighted by Gasteiger charge is 2.56. The van der Waals surface area contributed by atoms with Crippen molar-refractivity contribution in [3.63, 3.8) is 0 Å². The second-order valence-corrected chi connectivity index (χ2v) is 8.99. The average Bonchev–Trinajstić information content (AvgIpc) is 3.38. The third-order valence-electron chi connectivity index (χ3n) is 4.48. The molecule has 1 fully saturated rings. The molecule has 1 aromatic carbocycles. The van der Waals surface area contributed by atoms with Crippen molar-refractivity contribution in [3.05, 3.63) is 61.1 Å². The first-order valence-corrected chi connectivity index (χ1v) is 10.1. The van der Waals surface area contributed by atoms with Crippen LogP contribution in [-0.2, 0) is 23.2 Å². The summed E-state index contributed by atoms with van der Waals surface area (Å²) in [5.74, 6) is -2.86. The zero-order chi connectivity index (χ0) is 23.5. The van der Waals surface area contributed by atoms with Gasteiger partial charge in [-0.3, -0.25) is 14.2 Å². The van der Waals surface area contributed by atoms with Crippen molar-refractivity contribution in [1.29, 1.82) is 0 Å². The number of halogens is 6. The maximum Gasteiger partial charge on any atom is 0.431 e. The van der Waals surface area contributed by atoms with E-state index < -0.39 is 66.1 Å². The Bertz CT molecular complexity index is 1330. The Balaban J connectivity index is 2.15. The first-order valence-electron chi connectivity index (χ1n) is 8.24. The molecule has 0 saturated heterocycles. The van der Waals surface area contributed by atoms with Crippen molar-refractivity contribution < 1.29 is 35.2 Å². The molecule has 1 aromatic heterocycles. The lowest BCUT2D eigenvalue weighted by Crippen LogP contribution is -2.41. The minimum atomic E-state index is -5.06. The molecule has 1 amide bonds. The van der Waals surface area contributed by atoms with Crippen molar-refractivity contribution in [2.75, 3.05) is 0 Å². The number of nitrogens with one attached hydrogen (secondary N) is 1. The minimum absolute atomic E-state index is 0.00369. The van der Waals surface area contributed by atoms with Crippen LogP contribution in [0, 0.1) is 5.82 Å². The SMILES string of the molecule is Cn1c(C(F)(F)F)cc(=O)n(-c2cc(C(=O)NS(=O)(=O)C3(F)CC3)c(Cl)cc2F)c1=O. The molecule has 8 nitrogen and oxygen atoms in total. The summed E-state index contributed by atoms with van der Waals surface area (Å²) >= 11 is 5.73. The van der Waals surface area contributed by atoms with Gasteiger partial charge in [0.15, 0.2) is 0 Å². The summed E-state index contributed by atoms with van der Waals surface area (Å²) < 4.78 is 92.4. The van der Waals surface area contributed by atoms with Crippen LogP contribution in [0.3, 0.4) is 0 Å². The molecule has 0 spiro atoms. The number of alkyl halides is 4. The number of amides is 1. The van der Waals surface area contributed by atoms with E-state index in [9.17, 15) is 44.8 Å². The van der Waals surface area contributed by atoms with E-state index in [1.807, 2.05) is 0 Å². The lowest BCUT2D eigenvalue weighted by Gasteiger charge is -2.15. The Morgan fingerprint density at radius 1 is 1.19 bits per heavy atom. The van der Waals surface area contributed by atoms with Crippen molar-refractivity contribution in [2.24, 2.45) is 7.05 Å². The molecule has 0 radical (unpaired) electrons. The minimum Gasteiger partial charge on any atom is -0.292 e. The summed E-state index contributed by atoms with van der Waals surface area (Å²) in [5, 5.41) is -3.31. The largest absolute Gasteiger partial charge is 0.431 e. The molecule has 1 aliphatic rings. The summed E-state index contributed by atoms with van der Waals surface area (Å²) in [6, 6.07) is 0.986. The van der Waals surface area contributed by atoms with E-state index >= 15 is 0 Å². The van der Waals surface area contributed by atoms with Gasteiger partial charge in [0.1, 0.15) is 11.5 Å². The summed E-state index contributed by atoms with van der Waals surface area (Å²) in [6.07, 6.45) is -5.76. The second-order valence-electron chi connectivity index (χ2n) is 6.64. The lowest BCUT2D eigenvalue weighted by molar-refractivity contribution is -0.144. The Kier molecular flexibility index (Phi) is 5.29. The smallest absolute Gasteiger partial charge is 0.292 e. The molecule has 0 bridgehead atoms. The van der Waals surface area contributed by atoms with Gasteiger partial charge in [-0.15, -0.1) is 0 Å². The van der Waals surface area contributed by atoms with Crippen molar-refractivity contribution in [2.45, 2.75) is 24.0 Å². The van der Waals surface area contributed by atoms with Gasteiger partial charge in [0, 0.05) is 26.0 Å². The summed E-state index contributed by atoms with van der Waals surface area (Å²) in [4.78, 5) is 36.8. The first-order chi connectivity index (χ1) is 14.1. The molecular weight excluding hydrogens is 477 g/mol. The molecular formula is C16H11ClF5N3O5S. The highest BCUT2D eigenvalue weighted by molar-refractivity contribution is 7.91. The number of carbonyl (C=O) groups excluding carboxylic acids is 1. The van der Waals surface area contributed by atoms with Crippen LogP contribution in [0.1, 0.15) is 28.9 Å². The van der Waals surface area contributed by atoms with Gasteiger partial charge in [0.2, 0.25) is 5.00 Å². The average molecular weight is 488 g/mol. The Labute approximate surface area is 174 Å². The van der Waals surface area contributed by atoms with Crippen LogP contribution in [0.5, 0.6) is 0 Å². The van der Waals surface area contributed by atoms with Crippen LogP contribution in [0.4, 0.5) is 22.0 Å². The number of rotatable bonds is 4. The van der Waals surface area contributed by atoms with E-state index in [0.29, 0.717) is 19.2 Å². The van der Waals surface area contributed by atoms with E-state index in [1.165, 1.54) is 4.72 Å². The number of benzene rings is 1. The number of carbonyl (C=O) groups is 1. The lowest BCUT2D eigenvalue weighted by atomic mass is 10.1. The molecule has 2 aromatic rings. The van der Waals surface area contributed by atoms with Crippen LogP contribution in [0.2, 0.25) is 5.02 Å². The first kappa shape index (κ1) is 22.9. The quantitative estimate of drug-likeness (QED) is 0.663. The van der Waals surface area contributed by atoms with Gasteiger partial charge < -0.3 is 0 Å². The van der Waals surface area contributed by atoms with Gasteiger partial charge in [-0.2, -0.15) is 13.2 Å². The highest BCUT2D eigenvalue weighted by atomic mass is 35.5. The Morgan fingerprint density at radius 2 is 1.77 bits per heavy atom. The second kappa shape index (κ2) is 7.15. The van der Waals surface area contributed by atoms with Crippen LogP contribution in [-0.4, -0.2) is 28.5 Å². The predicted molar refractivity (Wildman–Crippen MR) is 96.7 cm³/mol. The van der Waals surface area contributed by atoms with E-state index in [2.05, 4.69) is 0 Å². The molecule has 0 aliphatic heterocycles. The Hall–Kier alpha value is -2.74. The predicted octanol–water partition coefficient (Wildman–Crippen LogP) is 1.87. The van der Waals surface area contributed by atoms with Crippen molar-refractivity contribution in [3.8, 4) is 5.69 Å². The van der Waals surface area contributed by atoms with E-state index in [-0.39, 0.29) is 28.0 Å². The number of aromatic nitrogens is 2. The van der Waals surface area contributed by atoms with Gasteiger partial charge in [-0.25, -0.2) is 31.3 Å². The molecule has 3 rings (SSSR count). The van der Waals surface area contributed by atoms with Gasteiger partial charge in [-0.1, -0.05) is 11.6 Å². The molecule has 15 heteroatoms. The molecule has 1 aliphatic carbocycles. The van der Waals surface area contributed by atoms with Crippen LogP contribution in [0.25, 0.3) is 5.69 Å². The Morgan fingerprint density at radius 3 is 2.29 bits per heavy atom. The standard InChI is InChI=1S/C16H11ClF5N3O5S/c1-24-11(16(20,21)22)6-12(26)25(14(24)28)10-4-7(8(17)5-9(10)18)13(27)23-31(29,30)15(19)2-3-15/h4-6H,2-3H2,1H3,(H,23,27). The fourth-order valence-electron chi connectivity index (χ4n) is 2.64. The van der Waals surface area contributed by atoms with E-state index in [4.69, 9.17) is 11.6 Å². The van der Waals surface area contributed by atoms with Crippen molar-refractivity contribution >= 4 is 27.5 Å². The number of hydrogen-bond donors (Lipinski definition) is 1. The topological polar surface area (TPSA) is 107 Å². The highest BCUT2D eigenvalue weighted by Crippen LogP contribution is 2.44. The fraction of sp³-hybridized carbons (Fsp3) is 0.312. The normalized spacial score (nSPS) is 15.6. The summed E-state index contributed by atoms with van der Waals surface area (Å²) in [5.41, 5.74) is -6.50. The van der Waals surface area contributed by atoms with E-state index in [0.717, 1.165) is 0 Å². The summed E-state index contributed by atoms with van der Waals surface area (Å²) in [6.45, 7) is 0. The van der Waals surface area contributed by atoms with E-state index in [1.54, 1.807) is 0 Å². The van der Waals surface area contributed by atoms with Crippen LogP contribution in [0.15, 0.2) is 27.8 Å². The molecule has 0 atom stereocenters. The third kappa shape index (κ3) is 3.96. The third-order valence-corrected chi connectivity index (χ3v) is 6.62. The zero-order valence-corrected chi connectivity index (χ0v) is 16.8. The zero-order valence-electron chi connectivity index (χ0n) is 15.3. The number of hydrogen-bond acceptors (Lipinski definition) is 5. The molecule has 1 saturated carbocycles. The molecule has 1 N–H and O–H groups in total. The monoisotopic (exact) mass is 487 g/mol. The maximum atomic E-state index is 14.4. The molecule has 1 heterocycles. The van der Waals surface area contributed by atoms with Crippen molar-refractivity contribution in [1.82, 2.24) is 13.9 Å². The van der Waals surface area contributed by atoms with Gasteiger partial charge >= 0.3 is 11.9 Å². The molecule has 31 heavy (non-hydrogen) atoms. The number of sulfonamides is 1. The van der Waals surface area contributed by atoms with Gasteiger partial charge in [-0.05, 0) is 12.1 Å². The summed E-state index contributed by atoms with van der Waals surface area (Å²) in [7, 11) is -4.08. The van der Waals surface area contributed by atoms with Crippen LogP contribution < -0.4 is 16.0 Å².